The lowest BCUT2D eigenvalue weighted by Crippen LogP contribution is -2.10. The first-order valence-corrected chi connectivity index (χ1v) is 15.7. The van der Waals surface area contributed by atoms with E-state index in [1.165, 1.54) is 38.1 Å². The zero-order chi connectivity index (χ0) is 30.5. The highest BCUT2D eigenvalue weighted by Crippen LogP contribution is 2.49. The van der Waals surface area contributed by atoms with Crippen LogP contribution >= 0.6 is 0 Å². The molecular formula is C43H30N2O. The maximum absolute atomic E-state index is 6.60. The van der Waals surface area contributed by atoms with E-state index in [9.17, 15) is 0 Å². The van der Waals surface area contributed by atoms with Crippen LogP contribution in [0, 0.1) is 0 Å². The normalized spacial score (nSPS) is 13.8. The molecule has 1 heterocycles. The lowest BCUT2D eigenvalue weighted by atomic mass is 9.95. The van der Waals surface area contributed by atoms with Crippen LogP contribution in [0.4, 0.5) is 22.7 Å². The second-order valence-corrected chi connectivity index (χ2v) is 11.8. The average Bonchev–Trinajstić information content (AvgIpc) is 3.59. The number of benzene rings is 8. The minimum Gasteiger partial charge on any atom is -0.464 e. The van der Waals surface area contributed by atoms with Gasteiger partial charge in [0.05, 0.1) is 11.4 Å². The average molecular weight is 591 g/mol. The Balaban J connectivity index is 1.14. The minimum absolute atomic E-state index is 0.216. The molecule has 1 unspecified atom stereocenters. The topological polar surface area (TPSA) is 24.5 Å². The van der Waals surface area contributed by atoms with Crippen LogP contribution in [-0.4, -0.2) is 0 Å². The molecule has 0 aliphatic carbocycles. The largest absolute Gasteiger partial charge is 0.464 e. The van der Waals surface area contributed by atoms with Gasteiger partial charge in [0.1, 0.15) is 0 Å². The van der Waals surface area contributed by atoms with Crippen molar-refractivity contribution in [3.8, 4) is 16.9 Å². The van der Waals surface area contributed by atoms with E-state index in [0.29, 0.717) is 0 Å². The lowest BCUT2D eigenvalue weighted by molar-refractivity contribution is 0.262. The van der Waals surface area contributed by atoms with Crippen LogP contribution in [0.2, 0.25) is 0 Å². The molecule has 0 spiro atoms. The number of ether oxygens (including phenoxy) is 1. The molecule has 0 radical (unpaired) electrons. The van der Waals surface area contributed by atoms with Gasteiger partial charge in [-0.05, 0) is 69.8 Å². The summed E-state index contributed by atoms with van der Waals surface area (Å²) in [6, 6.07) is 60.3. The number of para-hydroxylation sites is 1. The summed E-state index contributed by atoms with van der Waals surface area (Å²) >= 11 is 0. The van der Waals surface area contributed by atoms with Crippen LogP contribution in [0.5, 0.6) is 5.75 Å². The predicted molar refractivity (Wildman–Crippen MR) is 193 cm³/mol. The van der Waals surface area contributed by atoms with Gasteiger partial charge in [-0.3, -0.25) is 0 Å². The quantitative estimate of drug-likeness (QED) is 0.202. The standard InChI is InChI=1S/C43H30N2O/c1-3-13-31(14-4-1)43-44-41-37-20-10-9-19-36(37)39-28-32(24-27-38(39)42(41)46-43)29-22-25-34(26-23-29)45(33-16-5-2-6-17-33)40-21-11-15-30-12-7-8-18-35(30)40/h1-28,43-44H. The van der Waals surface area contributed by atoms with E-state index in [4.69, 9.17) is 4.74 Å². The molecule has 1 N–H and O–H groups in total. The molecule has 9 rings (SSSR count). The third-order valence-electron chi connectivity index (χ3n) is 9.07. The Morgan fingerprint density at radius 1 is 0.457 bits per heavy atom. The molecular weight excluding hydrogens is 560 g/mol. The summed E-state index contributed by atoms with van der Waals surface area (Å²) in [5, 5.41) is 10.8. The highest BCUT2D eigenvalue weighted by atomic mass is 16.5. The summed E-state index contributed by atoms with van der Waals surface area (Å²) in [5.41, 5.74) is 7.91. The van der Waals surface area contributed by atoms with Gasteiger partial charge in [-0.25, -0.2) is 0 Å². The van der Waals surface area contributed by atoms with Crippen LogP contribution in [0.1, 0.15) is 11.8 Å². The van der Waals surface area contributed by atoms with Gasteiger partial charge in [-0.2, -0.15) is 0 Å². The Bertz CT molecular complexity index is 2360. The number of anilines is 4. The molecule has 0 saturated heterocycles. The molecule has 0 fully saturated rings. The minimum atomic E-state index is -0.216. The van der Waals surface area contributed by atoms with E-state index >= 15 is 0 Å². The molecule has 3 heteroatoms. The van der Waals surface area contributed by atoms with E-state index in [0.717, 1.165) is 39.4 Å². The summed E-state index contributed by atoms with van der Waals surface area (Å²) in [7, 11) is 0. The number of hydrogen-bond acceptors (Lipinski definition) is 3. The van der Waals surface area contributed by atoms with Gasteiger partial charge in [0.25, 0.3) is 0 Å². The summed E-state index contributed by atoms with van der Waals surface area (Å²) in [6.45, 7) is 0. The Morgan fingerprint density at radius 3 is 1.89 bits per heavy atom. The molecule has 8 aromatic rings. The van der Waals surface area contributed by atoms with Crippen molar-refractivity contribution in [1.29, 1.82) is 0 Å². The zero-order valence-corrected chi connectivity index (χ0v) is 25.1. The van der Waals surface area contributed by atoms with E-state index in [2.05, 4.69) is 174 Å². The lowest BCUT2D eigenvalue weighted by Gasteiger charge is -2.27. The zero-order valence-electron chi connectivity index (χ0n) is 25.1. The van der Waals surface area contributed by atoms with Gasteiger partial charge in [-0.15, -0.1) is 0 Å². The highest BCUT2D eigenvalue weighted by Gasteiger charge is 2.28. The second-order valence-electron chi connectivity index (χ2n) is 11.8. The number of hydrogen-bond donors (Lipinski definition) is 1. The fourth-order valence-corrected chi connectivity index (χ4v) is 6.87. The van der Waals surface area contributed by atoms with Crippen molar-refractivity contribution < 1.29 is 4.74 Å². The van der Waals surface area contributed by atoms with E-state index in [1.807, 2.05) is 6.07 Å². The SMILES string of the molecule is c1ccc(C2Nc3c(c4ccc(-c5ccc(N(c6ccccc6)c6cccc7ccccc67)cc5)cc4c4ccccc34)O2)cc1. The first-order chi connectivity index (χ1) is 22.8. The van der Waals surface area contributed by atoms with Crippen LogP contribution in [0.15, 0.2) is 170 Å². The molecule has 0 saturated carbocycles. The summed E-state index contributed by atoms with van der Waals surface area (Å²) in [5.74, 6) is 0.915. The summed E-state index contributed by atoms with van der Waals surface area (Å²) in [6.07, 6.45) is -0.216. The van der Waals surface area contributed by atoms with E-state index < -0.39 is 0 Å². The van der Waals surface area contributed by atoms with Gasteiger partial charge in [-0.1, -0.05) is 127 Å². The number of nitrogens with zero attached hydrogens (tertiary/aromatic N) is 1. The molecule has 1 atom stereocenters. The van der Waals surface area contributed by atoms with Gasteiger partial charge in [0.15, 0.2) is 12.0 Å². The van der Waals surface area contributed by atoms with Crippen LogP contribution < -0.4 is 15.0 Å². The molecule has 3 nitrogen and oxygen atoms in total. The van der Waals surface area contributed by atoms with Gasteiger partial charge < -0.3 is 15.0 Å². The molecule has 46 heavy (non-hydrogen) atoms. The monoisotopic (exact) mass is 590 g/mol. The van der Waals surface area contributed by atoms with Crippen LogP contribution in [0.25, 0.3) is 43.4 Å². The van der Waals surface area contributed by atoms with E-state index in [1.54, 1.807) is 0 Å². The van der Waals surface area contributed by atoms with E-state index in [-0.39, 0.29) is 6.23 Å². The van der Waals surface area contributed by atoms with Crippen molar-refractivity contribution >= 4 is 55.1 Å². The van der Waals surface area contributed by atoms with Gasteiger partial charge >= 0.3 is 0 Å². The van der Waals surface area contributed by atoms with Crippen LogP contribution in [0.3, 0.4) is 0 Å². The van der Waals surface area contributed by atoms with Gasteiger partial charge in [0, 0.05) is 33.1 Å². The van der Waals surface area contributed by atoms with Crippen molar-refractivity contribution in [3.05, 3.63) is 175 Å². The van der Waals surface area contributed by atoms with Gasteiger partial charge in [0.2, 0.25) is 0 Å². The Labute approximate surface area is 267 Å². The summed E-state index contributed by atoms with van der Waals surface area (Å²) < 4.78 is 6.60. The van der Waals surface area contributed by atoms with Crippen molar-refractivity contribution in [3.63, 3.8) is 0 Å². The van der Waals surface area contributed by atoms with Crippen molar-refractivity contribution in [2.24, 2.45) is 0 Å². The third-order valence-corrected chi connectivity index (χ3v) is 9.07. The van der Waals surface area contributed by atoms with Crippen molar-refractivity contribution in [2.45, 2.75) is 6.23 Å². The predicted octanol–water partition coefficient (Wildman–Crippen LogP) is 11.8. The highest BCUT2D eigenvalue weighted by molar-refractivity contribution is 6.18. The first kappa shape index (κ1) is 26.4. The fraction of sp³-hybridized carbons (Fsp3) is 0.0233. The summed E-state index contributed by atoms with van der Waals surface area (Å²) in [4.78, 5) is 2.34. The Kier molecular flexibility index (Phi) is 6.20. The number of fused-ring (bicyclic) bond motifs is 7. The smallest absolute Gasteiger partial charge is 0.196 e. The Morgan fingerprint density at radius 2 is 1.09 bits per heavy atom. The first-order valence-electron chi connectivity index (χ1n) is 15.7. The molecule has 1 aliphatic heterocycles. The number of nitrogens with one attached hydrogen (secondary N) is 1. The molecule has 218 valence electrons. The maximum Gasteiger partial charge on any atom is 0.196 e. The second kappa shape index (κ2) is 10.8. The van der Waals surface area contributed by atoms with Crippen molar-refractivity contribution in [1.82, 2.24) is 0 Å². The molecule has 0 amide bonds. The van der Waals surface area contributed by atoms with Crippen LogP contribution in [-0.2, 0) is 0 Å². The van der Waals surface area contributed by atoms with Crippen molar-refractivity contribution in [2.75, 3.05) is 10.2 Å². The molecule has 1 aliphatic rings. The molecule has 0 bridgehead atoms. The number of rotatable bonds is 5. The molecule has 8 aromatic carbocycles. The molecule has 0 aromatic heterocycles. The maximum atomic E-state index is 6.60. The fourth-order valence-electron chi connectivity index (χ4n) is 6.87. The third kappa shape index (κ3) is 4.36. The Hall–Kier alpha value is -6.06.